The molecule has 0 aromatic heterocycles. The largest absolute Gasteiger partial charge is 0.379 e. The van der Waals surface area contributed by atoms with Crippen molar-refractivity contribution in [2.75, 3.05) is 66.1 Å². The molecule has 0 saturated carbocycles. The third-order valence-electron chi connectivity index (χ3n) is 3.73. The summed E-state index contributed by atoms with van der Waals surface area (Å²) in [5, 5.41) is 0. The molecule has 0 aromatic rings. The molecule has 0 fully saturated rings. The first kappa shape index (κ1) is 23.8. The van der Waals surface area contributed by atoms with Gasteiger partial charge in [0.15, 0.2) is 0 Å². The van der Waals surface area contributed by atoms with Crippen molar-refractivity contribution in [1.82, 2.24) is 0 Å². The van der Waals surface area contributed by atoms with Crippen molar-refractivity contribution < 1.29 is 23.7 Å². The number of ether oxygens (including phenoxy) is 5. The summed E-state index contributed by atoms with van der Waals surface area (Å²) in [7, 11) is 0. The first-order valence-electron chi connectivity index (χ1n) is 9.69. The smallest absolute Gasteiger partial charge is 0.0701 e. The Hall–Kier alpha value is -0.200. The zero-order valence-electron chi connectivity index (χ0n) is 16.2. The minimum Gasteiger partial charge on any atom is -0.379 e. The molecule has 0 spiro atoms. The third-order valence-corrected chi connectivity index (χ3v) is 3.73. The Bertz CT molecular complexity index is 226. The lowest BCUT2D eigenvalue weighted by Gasteiger charge is -2.10. The summed E-state index contributed by atoms with van der Waals surface area (Å²) in [6.07, 6.45) is 6.13. The SMILES string of the molecule is CCCCCCOCCOCCOCCOCCOCC(C)CC. The normalized spacial score (nSPS) is 12.6. The molecular formula is C19H40O5. The third kappa shape index (κ3) is 19.8. The highest BCUT2D eigenvalue weighted by molar-refractivity contribution is 4.46. The van der Waals surface area contributed by atoms with Gasteiger partial charge >= 0.3 is 0 Å². The first-order chi connectivity index (χ1) is 11.8. The Morgan fingerprint density at radius 1 is 0.542 bits per heavy atom. The summed E-state index contributed by atoms with van der Waals surface area (Å²) in [6.45, 7) is 13.3. The van der Waals surface area contributed by atoms with Crippen LogP contribution in [0.15, 0.2) is 0 Å². The topological polar surface area (TPSA) is 46.2 Å². The van der Waals surface area contributed by atoms with E-state index in [1.165, 1.54) is 19.3 Å². The van der Waals surface area contributed by atoms with Crippen LogP contribution in [-0.4, -0.2) is 66.1 Å². The fourth-order valence-electron chi connectivity index (χ4n) is 1.91. The Morgan fingerprint density at radius 2 is 1.00 bits per heavy atom. The summed E-state index contributed by atoms with van der Waals surface area (Å²) in [5.74, 6) is 0.625. The van der Waals surface area contributed by atoms with E-state index in [9.17, 15) is 0 Å². The Labute approximate surface area is 149 Å². The molecule has 0 aliphatic heterocycles. The van der Waals surface area contributed by atoms with E-state index in [-0.39, 0.29) is 0 Å². The van der Waals surface area contributed by atoms with Crippen molar-refractivity contribution >= 4 is 0 Å². The molecule has 146 valence electrons. The van der Waals surface area contributed by atoms with Crippen LogP contribution in [-0.2, 0) is 23.7 Å². The molecular weight excluding hydrogens is 308 g/mol. The highest BCUT2D eigenvalue weighted by Crippen LogP contribution is 2.00. The molecule has 0 bridgehead atoms. The lowest BCUT2D eigenvalue weighted by molar-refractivity contribution is -0.0133. The molecule has 0 heterocycles. The zero-order valence-corrected chi connectivity index (χ0v) is 16.2. The van der Waals surface area contributed by atoms with Crippen LogP contribution >= 0.6 is 0 Å². The van der Waals surface area contributed by atoms with Gasteiger partial charge in [-0.3, -0.25) is 0 Å². The number of rotatable bonds is 20. The lowest BCUT2D eigenvalue weighted by atomic mass is 10.1. The average molecular weight is 349 g/mol. The van der Waals surface area contributed by atoms with Crippen LogP contribution in [0.1, 0.15) is 52.9 Å². The Balaban J connectivity index is 2.98. The fourth-order valence-corrected chi connectivity index (χ4v) is 1.91. The molecule has 1 unspecified atom stereocenters. The molecule has 0 rings (SSSR count). The van der Waals surface area contributed by atoms with E-state index in [2.05, 4.69) is 20.8 Å². The summed E-state index contributed by atoms with van der Waals surface area (Å²) >= 11 is 0. The molecule has 5 nitrogen and oxygen atoms in total. The summed E-state index contributed by atoms with van der Waals surface area (Å²) in [6, 6.07) is 0. The predicted octanol–water partition coefficient (Wildman–Crippen LogP) is 3.70. The van der Waals surface area contributed by atoms with Gasteiger partial charge in [-0.05, 0) is 12.3 Å². The van der Waals surface area contributed by atoms with Gasteiger partial charge < -0.3 is 23.7 Å². The second kappa shape index (κ2) is 20.8. The first-order valence-corrected chi connectivity index (χ1v) is 9.69. The average Bonchev–Trinajstić information content (AvgIpc) is 2.60. The fraction of sp³-hybridized carbons (Fsp3) is 1.00. The van der Waals surface area contributed by atoms with Crippen molar-refractivity contribution in [3.63, 3.8) is 0 Å². The predicted molar refractivity (Wildman–Crippen MR) is 97.7 cm³/mol. The number of hydrogen-bond donors (Lipinski definition) is 0. The molecule has 0 saturated heterocycles. The highest BCUT2D eigenvalue weighted by atomic mass is 16.6. The van der Waals surface area contributed by atoms with Gasteiger partial charge in [-0.15, -0.1) is 0 Å². The van der Waals surface area contributed by atoms with E-state index < -0.39 is 0 Å². The maximum absolute atomic E-state index is 5.51. The van der Waals surface area contributed by atoms with Crippen molar-refractivity contribution in [2.24, 2.45) is 5.92 Å². The maximum atomic E-state index is 5.51. The summed E-state index contributed by atoms with van der Waals surface area (Å²) in [4.78, 5) is 0. The zero-order chi connectivity index (χ0) is 17.7. The van der Waals surface area contributed by atoms with E-state index in [1.807, 2.05) is 0 Å². The van der Waals surface area contributed by atoms with Crippen molar-refractivity contribution in [3.05, 3.63) is 0 Å². The van der Waals surface area contributed by atoms with E-state index in [4.69, 9.17) is 23.7 Å². The molecule has 0 N–H and O–H groups in total. The van der Waals surface area contributed by atoms with Gasteiger partial charge in [0.2, 0.25) is 0 Å². The van der Waals surface area contributed by atoms with Gasteiger partial charge in [0.1, 0.15) is 0 Å². The van der Waals surface area contributed by atoms with Crippen molar-refractivity contribution in [3.8, 4) is 0 Å². The lowest BCUT2D eigenvalue weighted by Crippen LogP contribution is -2.14. The maximum Gasteiger partial charge on any atom is 0.0701 e. The van der Waals surface area contributed by atoms with E-state index >= 15 is 0 Å². The van der Waals surface area contributed by atoms with Crippen molar-refractivity contribution in [2.45, 2.75) is 52.9 Å². The van der Waals surface area contributed by atoms with Crippen LogP contribution in [0.4, 0.5) is 0 Å². The second-order valence-corrected chi connectivity index (χ2v) is 6.10. The van der Waals surface area contributed by atoms with Gasteiger partial charge in [0.05, 0.1) is 52.9 Å². The van der Waals surface area contributed by atoms with Crippen LogP contribution in [0, 0.1) is 5.92 Å². The van der Waals surface area contributed by atoms with Gasteiger partial charge in [-0.1, -0.05) is 46.5 Å². The molecule has 0 amide bonds. The molecule has 0 aliphatic carbocycles. The molecule has 1 atom stereocenters. The molecule has 0 aliphatic rings. The van der Waals surface area contributed by atoms with Gasteiger partial charge in [-0.25, -0.2) is 0 Å². The van der Waals surface area contributed by atoms with Crippen LogP contribution in [0.3, 0.4) is 0 Å². The van der Waals surface area contributed by atoms with E-state index in [1.54, 1.807) is 0 Å². The number of unbranched alkanes of at least 4 members (excludes halogenated alkanes) is 3. The monoisotopic (exact) mass is 348 g/mol. The minimum absolute atomic E-state index is 0.600. The van der Waals surface area contributed by atoms with E-state index in [0.29, 0.717) is 58.8 Å². The molecule has 0 aromatic carbocycles. The van der Waals surface area contributed by atoms with Crippen LogP contribution in [0.2, 0.25) is 0 Å². The molecule has 24 heavy (non-hydrogen) atoms. The Morgan fingerprint density at radius 3 is 1.46 bits per heavy atom. The van der Waals surface area contributed by atoms with Gasteiger partial charge in [-0.2, -0.15) is 0 Å². The van der Waals surface area contributed by atoms with Gasteiger partial charge in [0, 0.05) is 13.2 Å². The van der Waals surface area contributed by atoms with Crippen LogP contribution in [0.25, 0.3) is 0 Å². The Kier molecular flexibility index (Phi) is 20.7. The van der Waals surface area contributed by atoms with Crippen molar-refractivity contribution in [1.29, 1.82) is 0 Å². The standard InChI is InChI=1S/C19H40O5/c1-4-6-7-8-9-20-10-11-21-12-13-22-14-15-23-16-17-24-18-19(3)5-2/h19H,4-18H2,1-3H3. The van der Waals surface area contributed by atoms with Crippen LogP contribution in [0.5, 0.6) is 0 Å². The molecule has 5 heteroatoms. The quantitative estimate of drug-likeness (QED) is 0.314. The highest BCUT2D eigenvalue weighted by Gasteiger charge is 1.98. The second-order valence-electron chi connectivity index (χ2n) is 6.10. The number of hydrogen-bond acceptors (Lipinski definition) is 5. The summed E-state index contributed by atoms with van der Waals surface area (Å²) in [5.41, 5.74) is 0. The van der Waals surface area contributed by atoms with Gasteiger partial charge in [0.25, 0.3) is 0 Å². The molecule has 0 radical (unpaired) electrons. The van der Waals surface area contributed by atoms with Crippen LogP contribution < -0.4 is 0 Å². The van der Waals surface area contributed by atoms with E-state index in [0.717, 1.165) is 26.1 Å². The minimum atomic E-state index is 0.600. The summed E-state index contributed by atoms with van der Waals surface area (Å²) < 4.78 is 27.3.